The number of nitrogens with one attached hydrogen (secondary N) is 2. The topological polar surface area (TPSA) is 100 Å². The van der Waals surface area contributed by atoms with Gasteiger partial charge in [0.05, 0.1) is 5.92 Å². The average Bonchev–Trinajstić information content (AvgIpc) is 3.22. The van der Waals surface area contributed by atoms with E-state index in [9.17, 15) is 9.59 Å². The Hall–Kier alpha value is -3.33. The van der Waals surface area contributed by atoms with Crippen LogP contribution < -0.4 is 10.6 Å². The lowest BCUT2D eigenvalue weighted by molar-refractivity contribution is -0.135. The lowest BCUT2D eigenvalue weighted by Crippen LogP contribution is -2.42. The number of fused-ring (bicyclic) bond motifs is 1. The number of piperidine rings is 1. The molecule has 1 unspecified atom stereocenters. The van der Waals surface area contributed by atoms with Crippen LogP contribution >= 0.6 is 11.3 Å². The number of anilines is 3. The van der Waals surface area contributed by atoms with E-state index < -0.39 is 5.92 Å². The van der Waals surface area contributed by atoms with Crippen LogP contribution in [0.2, 0.25) is 0 Å². The van der Waals surface area contributed by atoms with E-state index in [2.05, 4.69) is 20.8 Å². The molecule has 2 N–H and O–H groups in total. The maximum atomic E-state index is 13.3. The Kier molecular flexibility index (Phi) is 5.57. The second kappa shape index (κ2) is 8.66. The van der Waals surface area contributed by atoms with E-state index in [4.69, 9.17) is 4.98 Å². The minimum Gasteiger partial charge on any atom is -0.342 e. The van der Waals surface area contributed by atoms with Gasteiger partial charge in [-0.05, 0) is 43.5 Å². The molecule has 5 rings (SSSR count). The maximum Gasteiger partial charge on any atom is 0.230 e. The standard InChI is InChI=1S/C23H24N6O2S/c1-14-27-28-23(32-14)26-20-8-4-7-18(24-20)15-9-11-29(12-10-15)22(31)17-13-21(30)25-19-6-3-2-5-16(17)19/h2-8,15,17H,9-13H2,1H3,(H,25,30)(H,24,26,28). The summed E-state index contributed by atoms with van der Waals surface area (Å²) in [7, 11) is 0. The number of hydrogen-bond donors (Lipinski definition) is 2. The lowest BCUT2D eigenvalue weighted by atomic mass is 9.87. The van der Waals surface area contributed by atoms with Gasteiger partial charge < -0.3 is 15.5 Å². The summed E-state index contributed by atoms with van der Waals surface area (Å²) >= 11 is 1.49. The van der Waals surface area contributed by atoms with Gasteiger partial charge in [0.25, 0.3) is 0 Å². The first-order valence-corrected chi connectivity index (χ1v) is 11.6. The van der Waals surface area contributed by atoms with Gasteiger partial charge in [-0.2, -0.15) is 0 Å². The fourth-order valence-corrected chi connectivity index (χ4v) is 5.05. The summed E-state index contributed by atoms with van der Waals surface area (Å²) in [5, 5.41) is 15.8. The highest BCUT2D eigenvalue weighted by Crippen LogP contribution is 2.35. The number of carbonyl (C=O) groups excluding carboxylic acids is 2. The van der Waals surface area contributed by atoms with Gasteiger partial charge in [0.1, 0.15) is 10.8 Å². The number of likely N-dealkylation sites (tertiary alicyclic amines) is 1. The molecule has 8 nitrogen and oxygen atoms in total. The number of benzene rings is 1. The Labute approximate surface area is 190 Å². The van der Waals surface area contributed by atoms with Crippen LogP contribution in [0.1, 0.15) is 47.4 Å². The zero-order valence-electron chi connectivity index (χ0n) is 17.7. The molecule has 2 aromatic heterocycles. The second-order valence-corrected chi connectivity index (χ2v) is 9.37. The predicted molar refractivity (Wildman–Crippen MR) is 123 cm³/mol. The van der Waals surface area contributed by atoms with E-state index in [1.807, 2.05) is 54.3 Å². The van der Waals surface area contributed by atoms with Gasteiger partial charge in [0.2, 0.25) is 16.9 Å². The summed E-state index contributed by atoms with van der Waals surface area (Å²) in [6.45, 7) is 3.25. The summed E-state index contributed by atoms with van der Waals surface area (Å²) < 4.78 is 0. The molecule has 0 saturated carbocycles. The van der Waals surface area contributed by atoms with Crippen molar-refractivity contribution in [3.05, 3.63) is 58.7 Å². The molecular formula is C23H24N6O2S. The van der Waals surface area contributed by atoms with E-state index in [-0.39, 0.29) is 18.2 Å². The third kappa shape index (κ3) is 4.20. The Balaban J connectivity index is 1.24. The Morgan fingerprint density at radius 2 is 1.94 bits per heavy atom. The van der Waals surface area contributed by atoms with Crippen molar-refractivity contribution in [2.24, 2.45) is 0 Å². The normalized spacial score (nSPS) is 18.7. The number of pyridine rings is 1. The number of hydrogen-bond acceptors (Lipinski definition) is 7. The molecule has 2 aliphatic heterocycles. The van der Waals surface area contributed by atoms with Crippen molar-refractivity contribution in [3.63, 3.8) is 0 Å². The average molecular weight is 449 g/mol. The zero-order valence-corrected chi connectivity index (χ0v) is 18.6. The van der Waals surface area contributed by atoms with E-state index in [1.165, 1.54) is 11.3 Å². The van der Waals surface area contributed by atoms with Crippen LogP contribution in [0, 0.1) is 6.92 Å². The van der Waals surface area contributed by atoms with Gasteiger partial charge in [-0.3, -0.25) is 9.59 Å². The number of aryl methyl sites for hydroxylation is 1. The van der Waals surface area contributed by atoms with Crippen molar-refractivity contribution in [1.82, 2.24) is 20.1 Å². The Morgan fingerprint density at radius 3 is 2.72 bits per heavy atom. The van der Waals surface area contributed by atoms with E-state index in [0.29, 0.717) is 19.0 Å². The molecule has 9 heteroatoms. The first kappa shape index (κ1) is 20.6. The first-order valence-electron chi connectivity index (χ1n) is 10.8. The smallest absolute Gasteiger partial charge is 0.230 e. The van der Waals surface area contributed by atoms with Crippen LogP contribution in [-0.4, -0.2) is 45.0 Å². The fourth-order valence-electron chi connectivity index (χ4n) is 4.45. The van der Waals surface area contributed by atoms with Crippen molar-refractivity contribution >= 4 is 39.8 Å². The number of rotatable bonds is 4. The Morgan fingerprint density at radius 1 is 1.12 bits per heavy atom. The number of aromatic nitrogens is 3. The SMILES string of the molecule is Cc1nnc(Nc2cccc(C3CCN(C(=O)C4CC(=O)Nc5ccccc54)CC3)n2)s1. The fraction of sp³-hybridized carbons (Fsp3) is 0.348. The van der Waals surface area contributed by atoms with E-state index in [0.717, 1.165) is 45.7 Å². The molecule has 1 fully saturated rings. The molecule has 3 aromatic rings. The van der Waals surface area contributed by atoms with E-state index in [1.54, 1.807) is 0 Å². The Bertz CT molecular complexity index is 1150. The molecule has 0 spiro atoms. The summed E-state index contributed by atoms with van der Waals surface area (Å²) in [6, 6.07) is 13.5. The molecule has 0 radical (unpaired) electrons. The first-order chi connectivity index (χ1) is 15.6. The highest BCUT2D eigenvalue weighted by atomic mass is 32.1. The largest absolute Gasteiger partial charge is 0.342 e. The molecule has 0 aliphatic carbocycles. The van der Waals surface area contributed by atoms with Crippen molar-refractivity contribution in [3.8, 4) is 0 Å². The molecular weight excluding hydrogens is 424 g/mol. The van der Waals surface area contributed by atoms with Crippen molar-refractivity contribution < 1.29 is 9.59 Å². The van der Waals surface area contributed by atoms with Crippen LogP contribution in [-0.2, 0) is 9.59 Å². The molecule has 0 bridgehead atoms. The third-order valence-electron chi connectivity index (χ3n) is 6.05. The summed E-state index contributed by atoms with van der Waals surface area (Å²) in [4.78, 5) is 32.1. The van der Waals surface area contributed by atoms with Gasteiger partial charge >= 0.3 is 0 Å². The highest BCUT2D eigenvalue weighted by molar-refractivity contribution is 7.15. The molecule has 2 aliphatic rings. The highest BCUT2D eigenvalue weighted by Gasteiger charge is 2.35. The van der Waals surface area contributed by atoms with Crippen LogP contribution in [0.25, 0.3) is 0 Å². The van der Waals surface area contributed by atoms with Gasteiger partial charge in [0, 0.05) is 36.8 Å². The zero-order chi connectivity index (χ0) is 22.1. The van der Waals surface area contributed by atoms with Crippen molar-refractivity contribution in [2.45, 2.75) is 38.0 Å². The summed E-state index contributed by atoms with van der Waals surface area (Å²) in [5.41, 5.74) is 2.67. The van der Waals surface area contributed by atoms with Crippen LogP contribution in [0.4, 0.5) is 16.6 Å². The van der Waals surface area contributed by atoms with Crippen LogP contribution in [0.15, 0.2) is 42.5 Å². The minimum atomic E-state index is -0.405. The van der Waals surface area contributed by atoms with Crippen LogP contribution in [0.3, 0.4) is 0 Å². The monoisotopic (exact) mass is 448 g/mol. The minimum absolute atomic E-state index is 0.0424. The maximum absolute atomic E-state index is 13.3. The third-order valence-corrected chi connectivity index (χ3v) is 6.81. The quantitative estimate of drug-likeness (QED) is 0.629. The lowest BCUT2D eigenvalue weighted by Gasteiger charge is -2.35. The summed E-state index contributed by atoms with van der Waals surface area (Å²) in [5.74, 6) is 0.579. The van der Waals surface area contributed by atoms with Crippen molar-refractivity contribution in [1.29, 1.82) is 0 Å². The number of amides is 2. The van der Waals surface area contributed by atoms with Gasteiger partial charge in [0.15, 0.2) is 0 Å². The van der Waals surface area contributed by atoms with Gasteiger partial charge in [-0.15, -0.1) is 10.2 Å². The van der Waals surface area contributed by atoms with Crippen LogP contribution in [0.5, 0.6) is 0 Å². The molecule has 1 saturated heterocycles. The predicted octanol–water partition coefficient (Wildman–Crippen LogP) is 3.82. The molecule has 164 valence electrons. The number of carbonyl (C=O) groups is 2. The summed E-state index contributed by atoms with van der Waals surface area (Å²) in [6.07, 6.45) is 1.90. The molecule has 1 atom stereocenters. The molecule has 2 amide bonds. The second-order valence-electron chi connectivity index (χ2n) is 8.19. The number of para-hydroxylation sites is 1. The number of nitrogens with zero attached hydrogens (tertiary/aromatic N) is 4. The van der Waals surface area contributed by atoms with Gasteiger partial charge in [-0.1, -0.05) is 35.6 Å². The molecule has 32 heavy (non-hydrogen) atoms. The molecule has 4 heterocycles. The van der Waals surface area contributed by atoms with Gasteiger partial charge in [-0.25, -0.2) is 4.98 Å². The van der Waals surface area contributed by atoms with E-state index >= 15 is 0 Å². The van der Waals surface area contributed by atoms with Crippen molar-refractivity contribution in [2.75, 3.05) is 23.7 Å². The molecule has 1 aromatic carbocycles.